The summed E-state index contributed by atoms with van der Waals surface area (Å²) in [5.41, 5.74) is 1.26. The van der Waals surface area contributed by atoms with Crippen molar-refractivity contribution in [3.8, 4) is 22.9 Å². The van der Waals surface area contributed by atoms with Crippen LogP contribution in [0.3, 0.4) is 0 Å². The van der Waals surface area contributed by atoms with Gasteiger partial charge in [0.25, 0.3) is 5.56 Å². The highest BCUT2D eigenvalue weighted by Gasteiger charge is 2.13. The van der Waals surface area contributed by atoms with Gasteiger partial charge >= 0.3 is 0 Å². The van der Waals surface area contributed by atoms with Crippen LogP contribution in [0.1, 0.15) is 24.1 Å². The van der Waals surface area contributed by atoms with Crippen LogP contribution in [0.5, 0.6) is 11.5 Å². The fraction of sp³-hybridized carbons (Fsp3) is 0.333. The minimum Gasteiger partial charge on any atom is -0.493 e. The minimum absolute atomic E-state index is 0.148. The Morgan fingerprint density at radius 2 is 1.94 bits per heavy atom. The summed E-state index contributed by atoms with van der Waals surface area (Å²) in [6, 6.07) is 12.6. The number of carbonyl (C=O) groups excluding carboxylic acids is 1. The Hall–Kier alpha value is -3.43. The number of carbonyl (C=O) groups is 1. The molecule has 0 unspecified atom stereocenters. The minimum atomic E-state index is -0.393. The summed E-state index contributed by atoms with van der Waals surface area (Å²) < 4.78 is 16.2. The van der Waals surface area contributed by atoms with Gasteiger partial charge in [0, 0.05) is 49.3 Å². The molecule has 34 heavy (non-hydrogen) atoms. The summed E-state index contributed by atoms with van der Waals surface area (Å²) >= 11 is 6.18. The van der Waals surface area contributed by atoms with Crippen LogP contribution in [0.4, 0.5) is 0 Å². The maximum atomic E-state index is 12.5. The van der Waals surface area contributed by atoms with Crippen molar-refractivity contribution < 1.29 is 19.0 Å². The van der Waals surface area contributed by atoms with Crippen molar-refractivity contribution in [2.75, 3.05) is 27.4 Å². The topological polar surface area (TPSA) is 115 Å². The van der Waals surface area contributed by atoms with Crippen molar-refractivity contribution in [2.45, 2.75) is 25.9 Å². The Morgan fingerprint density at radius 3 is 2.68 bits per heavy atom. The number of nitrogens with one attached hydrogen (secondary N) is 2. The predicted molar refractivity (Wildman–Crippen MR) is 128 cm³/mol. The second-order valence-corrected chi connectivity index (χ2v) is 7.80. The number of rotatable bonds is 12. The average molecular weight is 487 g/mol. The number of aryl methyl sites for hydroxylation is 1. The molecule has 0 spiro atoms. The van der Waals surface area contributed by atoms with E-state index in [0.29, 0.717) is 35.2 Å². The van der Waals surface area contributed by atoms with Crippen molar-refractivity contribution >= 4 is 17.5 Å². The number of hydrogen-bond acceptors (Lipinski definition) is 7. The fourth-order valence-electron chi connectivity index (χ4n) is 3.12. The van der Waals surface area contributed by atoms with Gasteiger partial charge in [0.1, 0.15) is 12.3 Å². The van der Waals surface area contributed by atoms with E-state index in [-0.39, 0.29) is 36.9 Å². The van der Waals surface area contributed by atoms with Gasteiger partial charge in [0.15, 0.2) is 17.3 Å². The molecule has 0 fully saturated rings. The van der Waals surface area contributed by atoms with Crippen molar-refractivity contribution in [3.05, 3.63) is 69.1 Å². The second-order valence-electron chi connectivity index (χ2n) is 7.39. The molecule has 0 bridgehead atoms. The average Bonchev–Trinajstić information content (AvgIpc) is 2.85. The van der Waals surface area contributed by atoms with Gasteiger partial charge in [0.05, 0.1) is 7.11 Å². The van der Waals surface area contributed by atoms with Crippen LogP contribution in [0, 0.1) is 0 Å². The molecule has 10 heteroatoms. The SMILES string of the molecule is COCCCNC(=O)CCc1nnc(-c2ccc(OCc3ccccc3Cl)c(OC)c2)[nH]c1=O. The van der Waals surface area contributed by atoms with Crippen LogP contribution in [0.15, 0.2) is 47.3 Å². The Kier molecular flexibility index (Phi) is 9.42. The van der Waals surface area contributed by atoms with Crippen LogP contribution < -0.4 is 20.3 Å². The van der Waals surface area contributed by atoms with E-state index >= 15 is 0 Å². The number of H-pyrrole nitrogens is 1. The number of benzene rings is 2. The smallest absolute Gasteiger partial charge is 0.273 e. The number of aromatic nitrogens is 3. The normalized spacial score (nSPS) is 10.7. The molecule has 2 N–H and O–H groups in total. The highest BCUT2D eigenvalue weighted by Crippen LogP contribution is 2.32. The highest BCUT2D eigenvalue weighted by atomic mass is 35.5. The molecule has 0 saturated heterocycles. The van der Waals surface area contributed by atoms with Crippen LogP contribution in [-0.4, -0.2) is 48.5 Å². The summed E-state index contributed by atoms with van der Waals surface area (Å²) in [7, 11) is 3.14. The molecule has 3 aromatic rings. The van der Waals surface area contributed by atoms with Gasteiger partial charge in [-0.2, -0.15) is 0 Å². The Morgan fingerprint density at radius 1 is 1.12 bits per heavy atom. The lowest BCUT2D eigenvalue weighted by molar-refractivity contribution is -0.121. The Labute approximate surface area is 202 Å². The summed E-state index contributed by atoms with van der Waals surface area (Å²) in [5, 5.41) is 11.5. The van der Waals surface area contributed by atoms with Gasteiger partial charge in [0.2, 0.25) is 5.91 Å². The van der Waals surface area contributed by atoms with Crippen LogP contribution in [-0.2, 0) is 22.6 Å². The van der Waals surface area contributed by atoms with E-state index in [4.69, 9.17) is 25.8 Å². The van der Waals surface area contributed by atoms with Crippen molar-refractivity contribution in [2.24, 2.45) is 0 Å². The molecule has 0 radical (unpaired) electrons. The first kappa shape index (κ1) is 25.2. The Balaban J connectivity index is 1.64. The van der Waals surface area contributed by atoms with E-state index in [2.05, 4.69) is 20.5 Å². The van der Waals surface area contributed by atoms with Gasteiger partial charge in [-0.15, -0.1) is 10.2 Å². The molecule has 0 aliphatic rings. The molecule has 1 amide bonds. The zero-order chi connectivity index (χ0) is 24.3. The van der Waals surface area contributed by atoms with Gasteiger partial charge in [-0.25, -0.2) is 0 Å². The summed E-state index contributed by atoms with van der Waals surface area (Å²) in [4.78, 5) is 27.1. The zero-order valence-electron chi connectivity index (χ0n) is 19.1. The van der Waals surface area contributed by atoms with Crippen molar-refractivity contribution in [1.82, 2.24) is 20.5 Å². The standard InChI is InChI=1S/C24H27ClN4O5/c1-32-13-5-12-26-22(30)11-9-19-24(31)27-23(29-28-19)16-8-10-20(21(14-16)33-2)34-15-17-6-3-4-7-18(17)25/h3-4,6-8,10,14H,5,9,11-13,15H2,1-2H3,(H,26,30)(H,27,29,31). The number of halogens is 1. The molecule has 0 atom stereocenters. The third-order valence-electron chi connectivity index (χ3n) is 4.98. The lowest BCUT2D eigenvalue weighted by Gasteiger charge is -2.12. The quantitative estimate of drug-likeness (QED) is 0.378. The van der Waals surface area contributed by atoms with E-state index in [1.807, 2.05) is 18.2 Å². The number of ether oxygens (including phenoxy) is 3. The monoisotopic (exact) mass is 486 g/mol. The lowest BCUT2D eigenvalue weighted by Crippen LogP contribution is -2.27. The molecule has 3 rings (SSSR count). The first-order chi connectivity index (χ1) is 16.5. The van der Waals surface area contributed by atoms with E-state index < -0.39 is 5.56 Å². The lowest BCUT2D eigenvalue weighted by atomic mass is 10.2. The first-order valence-corrected chi connectivity index (χ1v) is 11.2. The van der Waals surface area contributed by atoms with Crippen molar-refractivity contribution in [3.63, 3.8) is 0 Å². The van der Waals surface area contributed by atoms with Crippen molar-refractivity contribution in [1.29, 1.82) is 0 Å². The molecule has 2 aromatic carbocycles. The predicted octanol–water partition coefficient (Wildman–Crippen LogP) is 3.16. The second kappa shape index (κ2) is 12.7. The third-order valence-corrected chi connectivity index (χ3v) is 5.35. The maximum absolute atomic E-state index is 12.5. The molecule has 0 saturated carbocycles. The molecular formula is C24H27ClN4O5. The first-order valence-electron chi connectivity index (χ1n) is 10.8. The summed E-state index contributed by atoms with van der Waals surface area (Å²) in [6.07, 6.45) is 1.07. The largest absolute Gasteiger partial charge is 0.493 e. The van der Waals surface area contributed by atoms with E-state index in [1.165, 1.54) is 7.11 Å². The van der Waals surface area contributed by atoms with Gasteiger partial charge < -0.3 is 24.5 Å². The third kappa shape index (κ3) is 7.03. The number of nitrogens with zero attached hydrogens (tertiary/aromatic N) is 2. The summed E-state index contributed by atoms with van der Waals surface area (Å²) in [5.74, 6) is 1.13. The van der Waals surface area contributed by atoms with Crippen LogP contribution >= 0.6 is 11.6 Å². The molecule has 1 heterocycles. The van der Waals surface area contributed by atoms with Gasteiger partial charge in [-0.05, 0) is 30.7 Å². The molecule has 0 aliphatic heterocycles. The number of amides is 1. The van der Waals surface area contributed by atoms with E-state index in [0.717, 1.165) is 12.0 Å². The maximum Gasteiger partial charge on any atom is 0.273 e. The zero-order valence-corrected chi connectivity index (χ0v) is 19.9. The molecule has 180 valence electrons. The number of aromatic amines is 1. The molecular weight excluding hydrogens is 460 g/mol. The van der Waals surface area contributed by atoms with E-state index in [1.54, 1.807) is 31.4 Å². The highest BCUT2D eigenvalue weighted by molar-refractivity contribution is 6.31. The fourth-order valence-corrected chi connectivity index (χ4v) is 3.31. The molecule has 0 aliphatic carbocycles. The number of methoxy groups -OCH3 is 2. The van der Waals surface area contributed by atoms with E-state index in [9.17, 15) is 9.59 Å². The van der Waals surface area contributed by atoms with Gasteiger partial charge in [-0.3, -0.25) is 9.59 Å². The molecule has 9 nitrogen and oxygen atoms in total. The van der Waals surface area contributed by atoms with Gasteiger partial charge in [-0.1, -0.05) is 29.8 Å². The summed E-state index contributed by atoms with van der Waals surface area (Å²) in [6.45, 7) is 1.38. The molecule has 1 aromatic heterocycles. The number of hydrogen-bond donors (Lipinski definition) is 2. The Bertz CT molecular complexity index is 1170. The van der Waals surface area contributed by atoms with Crippen LogP contribution in [0.25, 0.3) is 11.4 Å². The van der Waals surface area contributed by atoms with Crippen LogP contribution in [0.2, 0.25) is 5.02 Å².